The monoisotopic (exact) mass is 222 g/mol. The Hall–Kier alpha value is -1.55. The van der Waals surface area contributed by atoms with Gasteiger partial charge >= 0.3 is 0 Å². The molecule has 0 fully saturated rings. The van der Waals surface area contributed by atoms with Gasteiger partial charge in [-0.2, -0.15) is 0 Å². The zero-order valence-corrected chi connectivity index (χ0v) is 9.75. The Morgan fingerprint density at radius 1 is 1.50 bits per heavy atom. The van der Waals surface area contributed by atoms with Crippen LogP contribution < -0.4 is 11.1 Å². The molecule has 1 aromatic rings. The number of aryl methyl sites for hydroxylation is 1. The van der Waals surface area contributed by atoms with Gasteiger partial charge in [-0.05, 0) is 31.5 Å². The highest BCUT2D eigenvalue weighted by molar-refractivity contribution is 5.96. The van der Waals surface area contributed by atoms with Gasteiger partial charge < -0.3 is 15.8 Å². The normalized spacial score (nSPS) is 10.1. The summed E-state index contributed by atoms with van der Waals surface area (Å²) in [6.45, 7) is 5.51. The molecule has 4 nitrogen and oxygen atoms in total. The predicted molar refractivity (Wildman–Crippen MR) is 64.4 cm³/mol. The molecule has 0 aliphatic rings. The highest BCUT2D eigenvalue weighted by Gasteiger charge is 2.08. The van der Waals surface area contributed by atoms with Gasteiger partial charge in [-0.3, -0.25) is 4.79 Å². The number of anilines is 1. The molecule has 88 valence electrons. The zero-order valence-electron chi connectivity index (χ0n) is 9.75. The van der Waals surface area contributed by atoms with Crippen molar-refractivity contribution in [1.29, 1.82) is 0 Å². The fourth-order valence-corrected chi connectivity index (χ4v) is 1.36. The summed E-state index contributed by atoms with van der Waals surface area (Å²) < 4.78 is 5.13. The molecule has 0 radical (unpaired) electrons. The van der Waals surface area contributed by atoms with E-state index in [9.17, 15) is 4.79 Å². The summed E-state index contributed by atoms with van der Waals surface area (Å²) in [6.07, 6.45) is 0. The molecule has 0 aliphatic heterocycles. The molecule has 1 rings (SSSR count). The van der Waals surface area contributed by atoms with Crippen molar-refractivity contribution >= 4 is 11.6 Å². The first-order valence-corrected chi connectivity index (χ1v) is 5.37. The van der Waals surface area contributed by atoms with Crippen molar-refractivity contribution < 1.29 is 9.53 Å². The standard InChI is InChI=1S/C12H18N2O2/c1-3-16-7-6-14-12(15)11-8-10(13)5-4-9(11)2/h4-5,8H,3,6-7,13H2,1-2H3,(H,14,15). The molecule has 3 N–H and O–H groups in total. The second kappa shape index (κ2) is 6.12. The van der Waals surface area contributed by atoms with E-state index in [-0.39, 0.29) is 5.91 Å². The third-order valence-corrected chi connectivity index (χ3v) is 2.24. The van der Waals surface area contributed by atoms with E-state index in [1.807, 2.05) is 19.9 Å². The maximum Gasteiger partial charge on any atom is 0.251 e. The van der Waals surface area contributed by atoms with Crippen LogP contribution in [0.15, 0.2) is 18.2 Å². The van der Waals surface area contributed by atoms with E-state index in [0.717, 1.165) is 5.56 Å². The summed E-state index contributed by atoms with van der Waals surface area (Å²) in [5, 5.41) is 2.78. The van der Waals surface area contributed by atoms with Gasteiger partial charge in [0.05, 0.1) is 6.61 Å². The molecule has 0 saturated heterocycles. The first-order valence-electron chi connectivity index (χ1n) is 5.37. The minimum atomic E-state index is -0.107. The molecule has 4 heteroatoms. The van der Waals surface area contributed by atoms with E-state index in [2.05, 4.69) is 5.32 Å². The van der Waals surface area contributed by atoms with Crippen LogP contribution >= 0.6 is 0 Å². The summed E-state index contributed by atoms with van der Waals surface area (Å²) in [7, 11) is 0. The van der Waals surface area contributed by atoms with Gasteiger partial charge in [0.25, 0.3) is 5.91 Å². The Morgan fingerprint density at radius 3 is 2.94 bits per heavy atom. The number of hydrogen-bond donors (Lipinski definition) is 2. The van der Waals surface area contributed by atoms with Crippen LogP contribution in [0.3, 0.4) is 0 Å². The number of hydrogen-bond acceptors (Lipinski definition) is 3. The van der Waals surface area contributed by atoms with Gasteiger partial charge in [0.2, 0.25) is 0 Å². The largest absolute Gasteiger partial charge is 0.399 e. The van der Waals surface area contributed by atoms with Gasteiger partial charge in [-0.1, -0.05) is 6.07 Å². The molecule has 0 spiro atoms. The van der Waals surface area contributed by atoms with E-state index >= 15 is 0 Å². The van der Waals surface area contributed by atoms with Crippen LogP contribution in [0.4, 0.5) is 5.69 Å². The van der Waals surface area contributed by atoms with Gasteiger partial charge in [-0.25, -0.2) is 0 Å². The number of carbonyl (C=O) groups is 1. The number of rotatable bonds is 5. The molecule has 0 unspecified atom stereocenters. The smallest absolute Gasteiger partial charge is 0.251 e. The fourth-order valence-electron chi connectivity index (χ4n) is 1.36. The summed E-state index contributed by atoms with van der Waals surface area (Å²) in [6, 6.07) is 5.31. The number of nitrogen functional groups attached to an aromatic ring is 1. The highest BCUT2D eigenvalue weighted by Crippen LogP contribution is 2.12. The molecule has 0 aliphatic carbocycles. The fraction of sp³-hybridized carbons (Fsp3) is 0.417. The number of ether oxygens (including phenoxy) is 1. The maximum absolute atomic E-state index is 11.8. The minimum absolute atomic E-state index is 0.107. The second-order valence-electron chi connectivity index (χ2n) is 3.53. The average molecular weight is 222 g/mol. The first kappa shape index (κ1) is 12.5. The lowest BCUT2D eigenvalue weighted by molar-refractivity contribution is 0.0922. The summed E-state index contributed by atoms with van der Waals surface area (Å²) >= 11 is 0. The molecular weight excluding hydrogens is 204 g/mol. The van der Waals surface area contributed by atoms with E-state index < -0.39 is 0 Å². The highest BCUT2D eigenvalue weighted by atomic mass is 16.5. The SMILES string of the molecule is CCOCCNC(=O)c1cc(N)ccc1C. The van der Waals surface area contributed by atoms with E-state index in [4.69, 9.17) is 10.5 Å². The van der Waals surface area contributed by atoms with Crippen molar-refractivity contribution in [3.05, 3.63) is 29.3 Å². The molecule has 0 bridgehead atoms. The third kappa shape index (κ3) is 3.55. The van der Waals surface area contributed by atoms with Crippen LogP contribution in [0, 0.1) is 6.92 Å². The maximum atomic E-state index is 11.8. The van der Waals surface area contributed by atoms with Crippen LogP contribution in [-0.2, 0) is 4.74 Å². The molecule has 0 atom stereocenters. The van der Waals surface area contributed by atoms with Crippen molar-refractivity contribution in [2.75, 3.05) is 25.5 Å². The van der Waals surface area contributed by atoms with Crippen LogP contribution in [0.5, 0.6) is 0 Å². The zero-order chi connectivity index (χ0) is 12.0. The second-order valence-corrected chi connectivity index (χ2v) is 3.53. The lowest BCUT2D eigenvalue weighted by Gasteiger charge is -2.08. The molecule has 16 heavy (non-hydrogen) atoms. The molecule has 0 aromatic heterocycles. The quantitative estimate of drug-likeness (QED) is 0.583. The number of nitrogens with one attached hydrogen (secondary N) is 1. The van der Waals surface area contributed by atoms with Crippen molar-refractivity contribution in [2.45, 2.75) is 13.8 Å². The van der Waals surface area contributed by atoms with E-state index in [1.165, 1.54) is 0 Å². The molecule has 1 amide bonds. The van der Waals surface area contributed by atoms with Crippen molar-refractivity contribution in [3.8, 4) is 0 Å². The Balaban J connectivity index is 2.55. The summed E-state index contributed by atoms with van der Waals surface area (Å²) in [4.78, 5) is 11.8. The van der Waals surface area contributed by atoms with E-state index in [1.54, 1.807) is 12.1 Å². The number of carbonyl (C=O) groups excluding carboxylic acids is 1. The van der Waals surface area contributed by atoms with Crippen LogP contribution in [-0.4, -0.2) is 25.7 Å². The topological polar surface area (TPSA) is 64.3 Å². The first-order chi connectivity index (χ1) is 7.65. The lowest BCUT2D eigenvalue weighted by Crippen LogP contribution is -2.27. The number of amides is 1. The number of nitrogens with two attached hydrogens (primary N) is 1. The summed E-state index contributed by atoms with van der Waals surface area (Å²) in [5.41, 5.74) is 7.78. The third-order valence-electron chi connectivity index (χ3n) is 2.24. The van der Waals surface area contributed by atoms with Crippen molar-refractivity contribution in [3.63, 3.8) is 0 Å². The van der Waals surface area contributed by atoms with Crippen LogP contribution in [0.1, 0.15) is 22.8 Å². The predicted octanol–water partition coefficient (Wildman–Crippen LogP) is 1.34. The van der Waals surface area contributed by atoms with Crippen molar-refractivity contribution in [2.24, 2.45) is 0 Å². The summed E-state index contributed by atoms with van der Waals surface area (Å²) in [5.74, 6) is -0.107. The number of benzene rings is 1. The average Bonchev–Trinajstić information content (AvgIpc) is 2.27. The molecule has 0 saturated carbocycles. The molecule has 1 aromatic carbocycles. The van der Waals surface area contributed by atoms with Gasteiger partial charge in [0.15, 0.2) is 0 Å². The van der Waals surface area contributed by atoms with Gasteiger partial charge in [0.1, 0.15) is 0 Å². The molecular formula is C12H18N2O2. The van der Waals surface area contributed by atoms with Crippen molar-refractivity contribution in [1.82, 2.24) is 5.32 Å². The Morgan fingerprint density at radius 2 is 2.25 bits per heavy atom. The van der Waals surface area contributed by atoms with Gasteiger partial charge in [-0.15, -0.1) is 0 Å². The van der Waals surface area contributed by atoms with E-state index in [0.29, 0.717) is 31.0 Å². The Labute approximate surface area is 95.8 Å². The Bertz CT molecular complexity index is 364. The van der Waals surface area contributed by atoms with Crippen LogP contribution in [0.2, 0.25) is 0 Å². The van der Waals surface area contributed by atoms with Gasteiger partial charge in [0, 0.05) is 24.4 Å². The lowest BCUT2D eigenvalue weighted by atomic mass is 10.1. The Kier molecular flexibility index (Phi) is 4.79. The minimum Gasteiger partial charge on any atom is -0.399 e. The van der Waals surface area contributed by atoms with Crippen LogP contribution in [0.25, 0.3) is 0 Å². The molecule has 0 heterocycles.